The summed E-state index contributed by atoms with van der Waals surface area (Å²) >= 11 is 6.35. The van der Waals surface area contributed by atoms with Gasteiger partial charge in [-0.3, -0.25) is 0 Å². The van der Waals surface area contributed by atoms with Crippen molar-refractivity contribution in [3.05, 3.63) is 28.3 Å². The molecule has 32 heavy (non-hydrogen) atoms. The first-order valence-corrected chi connectivity index (χ1v) is 14.5. The number of hydrogen-bond acceptors (Lipinski definition) is 5. The average molecular weight is 480 g/mol. The maximum absolute atomic E-state index is 13.0. The standard InChI is InChI=1S/C24H38ClN3O3Si/c1-16-18(11-10-17(14-26)21(16)25)27-15-19-20(31-32(8,9)24(5,6)7)12-13-28(19)22(29)30-23(2,3)4/h10-11,19-20,27H,12-13,15H2,1-9H3/t19?,20-/m0/s1. The van der Waals surface area contributed by atoms with Crippen molar-refractivity contribution < 1.29 is 14.0 Å². The zero-order valence-electron chi connectivity index (χ0n) is 20.9. The van der Waals surface area contributed by atoms with Crippen LogP contribution in [0.3, 0.4) is 0 Å². The van der Waals surface area contributed by atoms with E-state index in [1.165, 1.54) is 0 Å². The number of ether oxygens (including phenoxy) is 1. The van der Waals surface area contributed by atoms with Gasteiger partial charge in [0.15, 0.2) is 8.32 Å². The third-order valence-electron chi connectivity index (χ3n) is 6.37. The molecule has 1 heterocycles. The average Bonchev–Trinajstić information content (AvgIpc) is 3.02. The molecule has 0 saturated carbocycles. The highest BCUT2D eigenvalue weighted by atomic mass is 35.5. The van der Waals surface area contributed by atoms with Crippen molar-refractivity contribution in [2.45, 2.75) is 90.8 Å². The molecular weight excluding hydrogens is 442 g/mol. The first kappa shape index (κ1) is 26.5. The summed E-state index contributed by atoms with van der Waals surface area (Å²) in [6.07, 6.45) is 0.371. The molecule has 1 aliphatic rings. The smallest absolute Gasteiger partial charge is 0.410 e. The van der Waals surface area contributed by atoms with Gasteiger partial charge in [0, 0.05) is 18.8 Å². The summed E-state index contributed by atoms with van der Waals surface area (Å²) in [6, 6.07) is 5.50. The summed E-state index contributed by atoms with van der Waals surface area (Å²) in [5.74, 6) is 0. The number of anilines is 1. The largest absolute Gasteiger partial charge is 0.444 e. The molecule has 8 heteroatoms. The Bertz CT molecular complexity index is 884. The summed E-state index contributed by atoms with van der Waals surface area (Å²) in [6.45, 7) is 19.7. The molecule has 0 aliphatic carbocycles. The van der Waals surface area contributed by atoms with Crippen LogP contribution in [0.4, 0.5) is 10.5 Å². The van der Waals surface area contributed by atoms with E-state index in [1.807, 2.05) is 33.8 Å². The molecule has 0 spiro atoms. The van der Waals surface area contributed by atoms with Crippen molar-refractivity contribution in [1.82, 2.24) is 4.90 Å². The molecule has 178 valence electrons. The summed E-state index contributed by atoms with van der Waals surface area (Å²) in [4.78, 5) is 14.8. The van der Waals surface area contributed by atoms with Crippen LogP contribution in [0.2, 0.25) is 23.2 Å². The predicted molar refractivity (Wildman–Crippen MR) is 133 cm³/mol. The Labute approximate surface area is 199 Å². The predicted octanol–water partition coefficient (Wildman–Crippen LogP) is 6.33. The van der Waals surface area contributed by atoms with Gasteiger partial charge in [-0.25, -0.2) is 4.79 Å². The number of likely N-dealkylation sites (tertiary alicyclic amines) is 1. The maximum atomic E-state index is 13.0. The third-order valence-corrected chi connectivity index (χ3v) is 11.4. The van der Waals surface area contributed by atoms with Gasteiger partial charge in [-0.2, -0.15) is 5.26 Å². The highest BCUT2D eigenvalue weighted by Gasteiger charge is 2.45. The normalized spacial score (nSPS) is 19.6. The summed E-state index contributed by atoms with van der Waals surface area (Å²) in [7, 11) is -2.03. The van der Waals surface area contributed by atoms with E-state index in [4.69, 9.17) is 20.8 Å². The van der Waals surface area contributed by atoms with Gasteiger partial charge in [0.05, 0.1) is 22.7 Å². The molecule has 1 fully saturated rings. The number of halogens is 1. The van der Waals surface area contributed by atoms with E-state index < -0.39 is 13.9 Å². The molecule has 1 unspecified atom stereocenters. The zero-order valence-corrected chi connectivity index (χ0v) is 22.7. The first-order chi connectivity index (χ1) is 14.6. The van der Waals surface area contributed by atoms with Crippen LogP contribution < -0.4 is 5.32 Å². The minimum absolute atomic E-state index is 0.0710. The Balaban J connectivity index is 2.28. The highest BCUT2D eigenvalue weighted by molar-refractivity contribution is 6.74. The number of amides is 1. The van der Waals surface area contributed by atoms with Crippen molar-refractivity contribution in [1.29, 1.82) is 5.26 Å². The summed E-state index contributed by atoms with van der Waals surface area (Å²) in [5, 5.41) is 13.2. The molecule has 0 bridgehead atoms. The Hall–Kier alpha value is -1.75. The lowest BCUT2D eigenvalue weighted by molar-refractivity contribution is 0.0179. The molecule has 1 saturated heterocycles. The van der Waals surface area contributed by atoms with Crippen molar-refractivity contribution in [3.63, 3.8) is 0 Å². The molecule has 1 amide bonds. The van der Waals surface area contributed by atoms with Crippen LogP contribution in [-0.4, -0.2) is 50.1 Å². The van der Waals surface area contributed by atoms with Crippen LogP contribution in [0.25, 0.3) is 0 Å². The van der Waals surface area contributed by atoms with Gasteiger partial charge in [0.2, 0.25) is 0 Å². The molecule has 0 radical (unpaired) electrons. The molecular formula is C24H38ClN3O3Si. The minimum Gasteiger partial charge on any atom is -0.444 e. The van der Waals surface area contributed by atoms with Crippen LogP contribution in [0.5, 0.6) is 0 Å². The molecule has 0 aromatic heterocycles. The number of carbonyl (C=O) groups excluding carboxylic acids is 1. The zero-order chi connectivity index (χ0) is 24.5. The fraction of sp³-hybridized carbons (Fsp3) is 0.667. The van der Waals surface area contributed by atoms with Crippen LogP contribution in [0, 0.1) is 18.3 Å². The lowest BCUT2D eigenvalue weighted by Gasteiger charge is -2.40. The molecule has 1 N–H and O–H groups in total. The van der Waals surface area contributed by atoms with Crippen molar-refractivity contribution in [2.75, 3.05) is 18.4 Å². The molecule has 2 atom stereocenters. The van der Waals surface area contributed by atoms with Gasteiger partial charge in [0.25, 0.3) is 0 Å². The van der Waals surface area contributed by atoms with Gasteiger partial charge in [0.1, 0.15) is 11.7 Å². The van der Waals surface area contributed by atoms with E-state index in [1.54, 1.807) is 11.0 Å². The Kier molecular flexibility index (Phi) is 7.97. The van der Waals surface area contributed by atoms with Crippen molar-refractivity contribution >= 4 is 31.7 Å². The van der Waals surface area contributed by atoms with E-state index in [2.05, 4.69) is 45.3 Å². The Morgan fingerprint density at radius 1 is 1.28 bits per heavy atom. The molecule has 2 rings (SSSR count). The Morgan fingerprint density at radius 2 is 1.91 bits per heavy atom. The fourth-order valence-corrected chi connectivity index (χ4v) is 5.08. The van der Waals surface area contributed by atoms with E-state index in [0.29, 0.717) is 23.7 Å². The first-order valence-electron chi connectivity index (χ1n) is 11.2. The molecule has 1 aromatic rings. The lowest BCUT2D eigenvalue weighted by atomic mass is 10.1. The fourth-order valence-electron chi connectivity index (χ4n) is 3.48. The van der Waals surface area contributed by atoms with E-state index >= 15 is 0 Å². The van der Waals surface area contributed by atoms with Gasteiger partial charge in [-0.05, 0) is 69.9 Å². The lowest BCUT2D eigenvalue weighted by Crippen LogP contribution is -2.51. The SMILES string of the molecule is Cc1c(NCC2[C@@H](O[Si](C)(C)C(C)(C)C)CCN2C(=O)OC(C)(C)C)ccc(C#N)c1Cl. The third kappa shape index (κ3) is 6.18. The summed E-state index contributed by atoms with van der Waals surface area (Å²) < 4.78 is 12.4. The second-order valence-corrected chi connectivity index (χ2v) is 16.2. The minimum atomic E-state index is -2.03. The number of benzene rings is 1. The summed E-state index contributed by atoms with van der Waals surface area (Å²) in [5.41, 5.74) is 1.54. The van der Waals surface area contributed by atoms with Crippen molar-refractivity contribution in [3.8, 4) is 6.07 Å². The molecule has 1 aromatic carbocycles. The number of nitrogens with one attached hydrogen (secondary N) is 1. The number of nitriles is 1. The number of carbonyl (C=O) groups is 1. The molecule has 1 aliphatic heterocycles. The quantitative estimate of drug-likeness (QED) is 0.499. The van der Waals surface area contributed by atoms with Crippen LogP contribution in [0.15, 0.2) is 12.1 Å². The van der Waals surface area contributed by atoms with E-state index in [-0.39, 0.29) is 23.3 Å². The van der Waals surface area contributed by atoms with Gasteiger partial charge in [-0.1, -0.05) is 32.4 Å². The van der Waals surface area contributed by atoms with Gasteiger partial charge < -0.3 is 19.4 Å². The topological polar surface area (TPSA) is 74.6 Å². The van der Waals surface area contributed by atoms with Gasteiger partial charge >= 0.3 is 6.09 Å². The number of rotatable bonds is 5. The van der Waals surface area contributed by atoms with Gasteiger partial charge in [-0.15, -0.1) is 0 Å². The van der Waals surface area contributed by atoms with E-state index in [9.17, 15) is 10.1 Å². The van der Waals surface area contributed by atoms with Crippen LogP contribution in [-0.2, 0) is 9.16 Å². The Morgan fingerprint density at radius 3 is 2.44 bits per heavy atom. The monoisotopic (exact) mass is 479 g/mol. The van der Waals surface area contributed by atoms with Crippen LogP contribution >= 0.6 is 11.6 Å². The second-order valence-electron chi connectivity index (χ2n) is 11.0. The van der Waals surface area contributed by atoms with Crippen LogP contribution in [0.1, 0.15) is 59.1 Å². The highest BCUT2D eigenvalue weighted by Crippen LogP contribution is 2.39. The number of hydrogen-bond donors (Lipinski definition) is 1. The second kappa shape index (κ2) is 9.62. The number of nitrogens with zero attached hydrogens (tertiary/aromatic N) is 2. The molecule has 6 nitrogen and oxygen atoms in total. The van der Waals surface area contributed by atoms with Crippen molar-refractivity contribution in [2.24, 2.45) is 0 Å². The van der Waals surface area contributed by atoms with E-state index in [0.717, 1.165) is 17.7 Å². The maximum Gasteiger partial charge on any atom is 0.410 e.